The van der Waals surface area contributed by atoms with Gasteiger partial charge in [-0.25, -0.2) is 4.98 Å². The number of halogens is 1. The van der Waals surface area contributed by atoms with Crippen LogP contribution in [0, 0.1) is 0 Å². The summed E-state index contributed by atoms with van der Waals surface area (Å²) in [6.45, 7) is 3.85. The predicted octanol–water partition coefficient (Wildman–Crippen LogP) is 5.35. The van der Waals surface area contributed by atoms with Crippen LogP contribution >= 0.6 is 27.3 Å². The first-order valence-corrected chi connectivity index (χ1v) is 11.1. The third-order valence-corrected chi connectivity index (χ3v) is 6.98. The number of ether oxygens (including phenoxy) is 3. The number of aromatic nitrogens is 2. The van der Waals surface area contributed by atoms with Gasteiger partial charge >= 0.3 is 0 Å². The van der Waals surface area contributed by atoms with Crippen molar-refractivity contribution in [2.24, 2.45) is 0 Å². The number of hydrogen-bond donors (Lipinski definition) is 1. The van der Waals surface area contributed by atoms with Gasteiger partial charge < -0.3 is 19.3 Å². The van der Waals surface area contributed by atoms with Gasteiger partial charge in [0, 0.05) is 17.0 Å². The maximum absolute atomic E-state index is 13.6. The van der Waals surface area contributed by atoms with Crippen LogP contribution in [-0.2, 0) is 0 Å². The third-order valence-electron chi connectivity index (χ3n) is 5.07. The molecular formula is C22H21BrN2O5S. The zero-order valence-electron chi connectivity index (χ0n) is 17.6. The van der Waals surface area contributed by atoms with Gasteiger partial charge in [-0.05, 0) is 41.9 Å². The molecule has 2 aromatic heterocycles. The SMILES string of the molecule is COc1cc(-c2nc3sc4c(O)cccc4c3c(=O)n2C(C)C)c(Br)c(OC)c1OC. The van der Waals surface area contributed by atoms with E-state index in [0.717, 1.165) is 0 Å². The van der Waals surface area contributed by atoms with E-state index in [2.05, 4.69) is 15.9 Å². The van der Waals surface area contributed by atoms with Gasteiger partial charge in [0.15, 0.2) is 11.5 Å². The van der Waals surface area contributed by atoms with Crippen LogP contribution in [0.1, 0.15) is 19.9 Å². The van der Waals surface area contributed by atoms with Gasteiger partial charge in [0.1, 0.15) is 16.4 Å². The monoisotopic (exact) mass is 504 g/mol. The highest BCUT2D eigenvalue weighted by Gasteiger charge is 2.25. The number of rotatable bonds is 5. The molecule has 0 amide bonds. The number of thiophene rings is 1. The Hall–Kier alpha value is -2.78. The van der Waals surface area contributed by atoms with Gasteiger partial charge in [0.25, 0.3) is 5.56 Å². The fourth-order valence-corrected chi connectivity index (χ4v) is 5.41. The van der Waals surface area contributed by atoms with E-state index in [0.29, 0.717) is 53.4 Å². The van der Waals surface area contributed by atoms with Crippen LogP contribution in [0.3, 0.4) is 0 Å². The van der Waals surface area contributed by atoms with Gasteiger partial charge in [-0.2, -0.15) is 0 Å². The quantitative estimate of drug-likeness (QED) is 0.394. The molecule has 0 saturated carbocycles. The van der Waals surface area contributed by atoms with Crippen molar-refractivity contribution < 1.29 is 19.3 Å². The normalized spacial score (nSPS) is 11.5. The number of methoxy groups -OCH3 is 3. The van der Waals surface area contributed by atoms with Crippen LogP contribution in [0.4, 0.5) is 0 Å². The first kappa shape index (κ1) is 21.5. The molecule has 2 heterocycles. The number of phenolic OH excluding ortho intramolecular Hbond substituents is 1. The highest BCUT2D eigenvalue weighted by Crippen LogP contribution is 2.48. The molecule has 0 aliphatic heterocycles. The molecule has 9 heteroatoms. The van der Waals surface area contributed by atoms with E-state index >= 15 is 0 Å². The molecule has 0 bridgehead atoms. The standard InChI is InChI=1S/C22H21BrN2O5S/c1-10(2)25-20(12-9-14(28-3)17(29-4)18(30-5)16(12)23)24-21-15(22(25)27)11-7-6-8-13(26)19(11)31-21/h6-10,26H,1-5H3. The molecule has 162 valence electrons. The number of benzene rings is 2. The Kier molecular flexibility index (Phi) is 5.57. The number of nitrogens with zero attached hydrogens (tertiary/aromatic N) is 2. The van der Waals surface area contributed by atoms with E-state index in [4.69, 9.17) is 19.2 Å². The van der Waals surface area contributed by atoms with Crippen molar-refractivity contribution in [3.63, 3.8) is 0 Å². The van der Waals surface area contributed by atoms with Crippen molar-refractivity contribution in [3.05, 3.63) is 39.1 Å². The highest BCUT2D eigenvalue weighted by atomic mass is 79.9. The minimum atomic E-state index is -0.174. The van der Waals surface area contributed by atoms with Crippen molar-refractivity contribution in [2.45, 2.75) is 19.9 Å². The lowest BCUT2D eigenvalue weighted by Crippen LogP contribution is -2.25. The molecule has 4 rings (SSSR count). The van der Waals surface area contributed by atoms with Crippen molar-refractivity contribution in [3.8, 4) is 34.4 Å². The largest absolute Gasteiger partial charge is 0.506 e. The summed E-state index contributed by atoms with van der Waals surface area (Å²) in [7, 11) is 4.60. The van der Waals surface area contributed by atoms with E-state index in [1.54, 1.807) is 22.8 Å². The lowest BCUT2D eigenvalue weighted by Gasteiger charge is -2.20. The predicted molar refractivity (Wildman–Crippen MR) is 126 cm³/mol. The van der Waals surface area contributed by atoms with Gasteiger partial charge in [0.05, 0.1) is 35.9 Å². The molecule has 0 unspecified atom stereocenters. The molecule has 2 aromatic carbocycles. The van der Waals surface area contributed by atoms with Crippen LogP contribution in [0.5, 0.6) is 23.0 Å². The summed E-state index contributed by atoms with van der Waals surface area (Å²) in [5.41, 5.74) is 0.455. The summed E-state index contributed by atoms with van der Waals surface area (Å²) in [6.07, 6.45) is 0. The first-order chi connectivity index (χ1) is 14.8. The Bertz CT molecular complexity index is 1380. The van der Waals surface area contributed by atoms with E-state index in [1.165, 1.54) is 32.7 Å². The van der Waals surface area contributed by atoms with Crippen LogP contribution in [0.2, 0.25) is 0 Å². The van der Waals surface area contributed by atoms with Crippen LogP contribution < -0.4 is 19.8 Å². The van der Waals surface area contributed by atoms with E-state index in [-0.39, 0.29) is 17.4 Å². The first-order valence-electron chi connectivity index (χ1n) is 9.49. The topological polar surface area (TPSA) is 82.8 Å². The molecule has 31 heavy (non-hydrogen) atoms. The molecule has 0 spiro atoms. The summed E-state index contributed by atoms with van der Waals surface area (Å²) in [4.78, 5) is 19.1. The Morgan fingerprint density at radius 1 is 1.13 bits per heavy atom. The summed E-state index contributed by atoms with van der Waals surface area (Å²) in [5.74, 6) is 1.93. The van der Waals surface area contributed by atoms with Crippen molar-refractivity contribution >= 4 is 47.6 Å². The number of aromatic hydroxyl groups is 1. The van der Waals surface area contributed by atoms with Gasteiger partial charge in [-0.15, -0.1) is 11.3 Å². The molecule has 0 aliphatic rings. The molecule has 7 nitrogen and oxygen atoms in total. The average Bonchev–Trinajstić information content (AvgIpc) is 3.13. The summed E-state index contributed by atoms with van der Waals surface area (Å²) in [6, 6.07) is 6.76. The van der Waals surface area contributed by atoms with Crippen molar-refractivity contribution in [1.82, 2.24) is 9.55 Å². The molecule has 0 atom stereocenters. The fraction of sp³-hybridized carbons (Fsp3) is 0.273. The Labute approximate surface area is 190 Å². The molecule has 0 aliphatic carbocycles. The second-order valence-electron chi connectivity index (χ2n) is 7.15. The average molecular weight is 505 g/mol. The summed E-state index contributed by atoms with van der Waals surface area (Å²) in [5, 5.41) is 11.5. The van der Waals surface area contributed by atoms with Crippen molar-refractivity contribution in [2.75, 3.05) is 21.3 Å². The minimum Gasteiger partial charge on any atom is -0.506 e. The zero-order valence-corrected chi connectivity index (χ0v) is 20.1. The maximum atomic E-state index is 13.6. The second-order valence-corrected chi connectivity index (χ2v) is 8.94. The molecule has 0 saturated heterocycles. The van der Waals surface area contributed by atoms with E-state index < -0.39 is 0 Å². The number of phenols is 1. The third kappa shape index (κ3) is 3.23. The molecule has 4 aromatic rings. The summed E-state index contributed by atoms with van der Waals surface area (Å²) < 4.78 is 19.4. The Balaban J connectivity index is 2.16. The van der Waals surface area contributed by atoms with Crippen molar-refractivity contribution in [1.29, 1.82) is 0 Å². The molecular weight excluding hydrogens is 484 g/mol. The molecule has 0 fully saturated rings. The van der Waals surface area contributed by atoms with Crippen LogP contribution in [0.15, 0.2) is 33.5 Å². The molecule has 0 radical (unpaired) electrons. The Morgan fingerprint density at radius 3 is 2.45 bits per heavy atom. The van der Waals surface area contributed by atoms with Gasteiger partial charge in [-0.1, -0.05) is 12.1 Å². The Morgan fingerprint density at radius 2 is 1.84 bits per heavy atom. The van der Waals surface area contributed by atoms with Gasteiger partial charge in [0.2, 0.25) is 5.75 Å². The number of fused-ring (bicyclic) bond motifs is 3. The number of hydrogen-bond acceptors (Lipinski definition) is 7. The van der Waals surface area contributed by atoms with Crippen LogP contribution in [0.25, 0.3) is 31.7 Å². The van der Waals surface area contributed by atoms with E-state index in [1.807, 2.05) is 19.9 Å². The second kappa shape index (κ2) is 8.05. The molecule has 1 N–H and O–H groups in total. The zero-order chi connectivity index (χ0) is 22.4. The van der Waals surface area contributed by atoms with E-state index in [9.17, 15) is 9.90 Å². The van der Waals surface area contributed by atoms with Crippen LogP contribution in [-0.4, -0.2) is 36.0 Å². The smallest absolute Gasteiger partial charge is 0.263 e. The highest BCUT2D eigenvalue weighted by molar-refractivity contribution is 9.10. The lowest BCUT2D eigenvalue weighted by atomic mass is 10.1. The fourth-order valence-electron chi connectivity index (χ4n) is 3.70. The minimum absolute atomic E-state index is 0.131. The lowest BCUT2D eigenvalue weighted by molar-refractivity contribution is 0.323. The van der Waals surface area contributed by atoms with Gasteiger partial charge in [-0.3, -0.25) is 9.36 Å². The summed E-state index contributed by atoms with van der Waals surface area (Å²) >= 11 is 4.89. The maximum Gasteiger partial charge on any atom is 0.263 e.